The fourth-order valence-corrected chi connectivity index (χ4v) is 4.57. The Morgan fingerprint density at radius 1 is 1.11 bits per heavy atom. The highest BCUT2D eigenvalue weighted by Gasteiger charge is 2.31. The van der Waals surface area contributed by atoms with Crippen LogP contribution in [0.2, 0.25) is 5.28 Å². The number of anilines is 1. The fraction of sp³-hybridized carbons (Fsp3) is 0.400. The molecule has 0 saturated carbocycles. The Kier molecular flexibility index (Phi) is 8.62. The van der Waals surface area contributed by atoms with Crippen molar-refractivity contribution in [1.82, 2.24) is 9.55 Å². The zero-order chi connectivity index (χ0) is 27.3. The SMILES string of the molecule is O=[N+]([O-])c1cn(CC[C@@H](O)COc2ccc(N3CCC(c4ccc(OC(F)(F)F)cc4)CC3)cc2)c(Cl)n1. The highest BCUT2D eigenvalue weighted by molar-refractivity contribution is 6.28. The summed E-state index contributed by atoms with van der Waals surface area (Å²) in [4.78, 5) is 16.0. The van der Waals surface area contributed by atoms with Gasteiger partial charge < -0.3 is 29.6 Å². The number of nitrogens with zero attached hydrogens (tertiary/aromatic N) is 4. The topological polar surface area (TPSA) is 103 Å². The molecule has 1 N–H and O–H groups in total. The minimum Gasteiger partial charge on any atom is -0.491 e. The number of benzene rings is 2. The molecule has 4 rings (SSSR count). The number of imidazole rings is 1. The molecule has 1 atom stereocenters. The van der Waals surface area contributed by atoms with E-state index in [1.54, 1.807) is 12.1 Å². The summed E-state index contributed by atoms with van der Waals surface area (Å²) < 4.78 is 48.1. The summed E-state index contributed by atoms with van der Waals surface area (Å²) in [6, 6.07) is 13.6. The van der Waals surface area contributed by atoms with E-state index in [1.807, 2.05) is 24.3 Å². The van der Waals surface area contributed by atoms with Crippen molar-refractivity contribution >= 4 is 23.1 Å². The Morgan fingerprint density at radius 3 is 2.32 bits per heavy atom. The van der Waals surface area contributed by atoms with E-state index in [-0.39, 0.29) is 42.3 Å². The molecule has 1 aliphatic heterocycles. The van der Waals surface area contributed by atoms with Gasteiger partial charge >= 0.3 is 17.5 Å². The van der Waals surface area contributed by atoms with Crippen LogP contribution in [0.1, 0.15) is 30.7 Å². The van der Waals surface area contributed by atoms with Crippen LogP contribution in [0.5, 0.6) is 11.5 Å². The van der Waals surface area contributed by atoms with Crippen molar-refractivity contribution in [3.8, 4) is 11.5 Å². The minimum absolute atomic E-state index is 0.0159. The predicted octanol–water partition coefficient (Wildman–Crippen LogP) is 5.56. The van der Waals surface area contributed by atoms with Crippen LogP contribution in [0, 0.1) is 10.1 Å². The van der Waals surface area contributed by atoms with Gasteiger partial charge in [0.25, 0.3) is 0 Å². The zero-order valence-electron chi connectivity index (χ0n) is 20.2. The largest absolute Gasteiger partial charge is 0.573 e. The molecule has 204 valence electrons. The van der Waals surface area contributed by atoms with Crippen molar-refractivity contribution in [3.63, 3.8) is 0 Å². The van der Waals surface area contributed by atoms with Crippen molar-refractivity contribution in [2.24, 2.45) is 0 Å². The molecule has 0 amide bonds. The maximum absolute atomic E-state index is 12.4. The second-order valence-corrected chi connectivity index (χ2v) is 9.28. The van der Waals surface area contributed by atoms with E-state index < -0.39 is 17.4 Å². The normalized spacial score (nSPS) is 15.3. The standard InChI is InChI=1S/C25H26ClF3N4O5/c26-24-30-23(33(35)36)15-32(24)14-11-20(34)16-37-21-7-3-19(4-8-21)31-12-9-18(10-13-31)17-1-5-22(6-2-17)38-25(27,28)29/h1-8,15,18,20,34H,9-14,16H2/t20-/m1/s1. The van der Waals surface area contributed by atoms with E-state index in [1.165, 1.54) is 22.9 Å². The molecule has 1 fully saturated rings. The number of ether oxygens (including phenoxy) is 2. The van der Waals surface area contributed by atoms with Gasteiger partial charge in [0.05, 0.1) is 6.10 Å². The first-order chi connectivity index (χ1) is 18.1. The van der Waals surface area contributed by atoms with Crippen molar-refractivity contribution < 1.29 is 32.7 Å². The number of aromatic nitrogens is 2. The Balaban J connectivity index is 1.21. The lowest BCUT2D eigenvalue weighted by Crippen LogP contribution is -2.32. The number of alkyl halides is 3. The minimum atomic E-state index is -4.70. The van der Waals surface area contributed by atoms with Crippen LogP contribution in [0.25, 0.3) is 0 Å². The Morgan fingerprint density at radius 2 is 1.74 bits per heavy atom. The molecule has 0 spiro atoms. The van der Waals surface area contributed by atoms with E-state index in [4.69, 9.17) is 16.3 Å². The van der Waals surface area contributed by atoms with Gasteiger partial charge in [-0.2, -0.15) is 0 Å². The summed E-state index contributed by atoms with van der Waals surface area (Å²) in [5.74, 6) is 0.292. The highest BCUT2D eigenvalue weighted by atomic mass is 35.5. The Labute approximate surface area is 221 Å². The van der Waals surface area contributed by atoms with Gasteiger partial charge in [-0.15, -0.1) is 13.2 Å². The zero-order valence-corrected chi connectivity index (χ0v) is 20.9. The molecule has 0 unspecified atom stereocenters. The van der Waals surface area contributed by atoms with E-state index in [9.17, 15) is 28.4 Å². The van der Waals surface area contributed by atoms with Crippen molar-refractivity contribution in [3.05, 3.63) is 75.7 Å². The molecule has 38 heavy (non-hydrogen) atoms. The number of piperidine rings is 1. The number of aliphatic hydroxyl groups is 1. The van der Waals surface area contributed by atoms with Gasteiger partial charge in [0.15, 0.2) is 0 Å². The second kappa shape index (κ2) is 11.9. The van der Waals surface area contributed by atoms with Crippen LogP contribution in [-0.4, -0.2) is 51.7 Å². The quantitative estimate of drug-likeness (QED) is 0.259. The van der Waals surface area contributed by atoms with E-state index in [0.29, 0.717) is 5.75 Å². The predicted molar refractivity (Wildman–Crippen MR) is 134 cm³/mol. The van der Waals surface area contributed by atoms with Crippen LogP contribution in [0.4, 0.5) is 24.7 Å². The van der Waals surface area contributed by atoms with Gasteiger partial charge in [0.2, 0.25) is 0 Å². The summed E-state index contributed by atoms with van der Waals surface area (Å²) in [6.45, 7) is 1.91. The number of rotatable bonds is 10. The summed E-state index contributed by atoms with van der Waals surface area (Å²) in [5, 5.41) is 21.0. The summed E-state index contributed by atoms with van der Waals surface area (Å²) in [6.07, 6.45) is -2.27. The lowest BCUT2D eigenvalue weighted by atomic mass is 9.89. The van der Waals surface area contributed by atoms with Gasteiger partial charge in [-0.05, 0) is 88.7 Å². The molecular formula is C25H26ClF3N4O5. The smallest absolute Gasteiger partial charge is 0.491 e. The molecule has 9 nitrogen and oxygen atoms in total. The molecule has 1 saturated heterocycles. The molecule has 0 bridgehead atoms. The van der Waals surface area contributed by atoms with Gasteiger partial charge in [-0.3, -0.25) is 4.57 Å². The van der Waals surface area contributed by atoms with Crippen LogP contribution in [0.3, 0.4) is 0 Å². The van der Waals surface area contributed by atoms with Crippen molar-refractivity contribution in [2.75, 3.05) is 24.6 Å². The fourth-order valence-electron chi connectivity index (χ4n) is 4.35. The molecule has 13 heteroatoms. The maximum atomic E-state index is 12.4. The molecule has 0 aliphatic carbocycles. The van der Waals surface area contributed by atoms with Gasteiger partial charge in [-0.1, -0.05) is 12.1 Å². The molecule has 1 aliphatic rings. The van der Waals surface area contributed by atoms with Gasteiger partial charge in [-0.25, -0.2) is 0 Å². The van der Waals surface area contributed by atoms with Crippen LogP contribution < -0.4 is 14.4 Å². The third-order valence-corrected chi connectivity index (χ3v) is 6.63. The summed E-state index contributed by atoms with van der Waals surface area (Å²) in [7, 11) is 0. The average Bonchev–Trinajstić information content (AvgIpc) is 3.27. The van der Waals surface area contributed by atoms with Crippen LogP contribution in [-0.2, 0) is 6.54 Å². The Hall–Kier alpha value is -3.51. The van der Waals surface area contributed by atoms with Gasteiger partial charge in [0, 0.05) is 25.3 Å². The Bertz CT molecular complexity index is 1210. The number of aliphatic hydroxyl groups excluding tert-OH is 1. The van der Waals surface area contributed by atoms with E-state index in [0.717, 1.165) is 37.2 Å². The van der Waals surface area contributed by atoms with Crippen LogP contribution in [0.15, 0.2) is 54.7 Å². The first-order valence-electron chi connectivity index (χ1n) is 12.0. The van der Waals surface area contributed by atoms with Crippen molar-refractivity contribution in [2.45, 2.75) is 44.2 Å². The third-order valence-electron chi connectivity index (χ3n) is 6.33. The van der Waals surface area contributed by atoms with E-state index in [2.05, 4.69) is 14.6 Å². The second-order valence-electron chi connectivity index (χ2n) is 8.94. The van der Waals surface area contributed by atoms with Crippen LogP contribution >= 0.6 is 11.6 Å². The van der Waals surface area contributed by atoms with Gasteiger partial charge in [0.1, 0.15) is 24.3 Å². The van der Waals surface area contributed by atoms with Crippen molar-refractivity contribution in [1.29, 1.82) is 0 Å². The molecule has 3 aromatic rings. The summed E-state index contributed by atoms with van der Waals surface area (Å²) in [5.41, 5.74) is 2.02. The lowest BCUT2D eigenvalue weighted by Gasteiger charge is -2.34. The maximum Gasteiger partial charge on any atom is 0.573 e. The number of hydrogen-bond acceptors (Lipinski definition) is 7. The summed E-state index contributed by atoms with van der Waals surface area (Å²) >= 11 is 5.88. The number of halogens is 4. The first-order valence-corrected chi connectivity index (χ1v) is 12.3. The molecule has 0 radical (unpaired) electrons. The lowest BCUT2D eigenvalue weighted by molar-refractivity contribution is -0.389. The molecule has 1 aromatic heterocycles. The first kappa shape index (κ1) is 27.5. The highest BCUT2D eigenvalue weighted by Crippen LogP contribution is 2.33. The number of nitro groups is 1. The molecule has 2 heterocycles. The number of aryl methyl sites for hydroxylation is 1. The number of hydrogen-bond donors (Lipinski definition) is 1. The van der Waals surface area contributed by atoms with E-state index >= 15 is 0 Å². The average molecular weight is 555 g/mol. The third kappa shape index (κ3) is 7.51. The molecule has 2 aromatic carbocycles. The molecular weight excluding hydrogens is 529 g/mol. The monoisotopic (exact) mass is 554 g/mol.